The first kappa shape index (κ1) is 9.98. The number of fused-ring (bicyclic) bond motifs is 1. The van der Waals surface area contributed by atoms with E-state index < -0.39 is 0 Å². The number of hydrogen-bond acceptors (Lipinski definition) is 5. The zero-order valence-corrected chi connectivity index (χ0v) is 9.33. The second-order valence-electron chi connectivity index (χ2n) is 3.39. The van der Waals surface area contributed by atoms with Gasteiger partial charge >= 0.3 is 0 Å². The van der Waals surface area contributed by atoms with Crippen LogP contribution in [-0.4, -0.2) is 24.6 Å². The van der Waals surface area contributed by atoms with Crippen molar-refractivity contribution in [3.8, 4) is 11.4 Å². The molecule has 0 aliphatic heterocycles. The average molecular weight is 247 g/mol. The van der Waals surface area contributed by atoms with E-state index in [1.54, 1.807) is 12.1 Å². The van der Waals surface area contributed by atoms with Crippen molar-refractivity contribution in [2.45, 2.75) is 0 Å². The standard InChI is InChI=1S/C10H7ClN6/c11-7-3-1-6(2-4-7)8-15-10-14-5-13-9(12)17(10)16-8/h1-5H,(H2,12,13,14,15,16). The van der Waals surface area contributed by atoms with E-state index in [4.69, 9.17) is 17.3 Å². The molecule has 3 rings (SSSR count). The molecule has 0 saturated carbocycles. The normalized spacial score (nSPS) is 10.9. The minimum Gasteiger partial charge on any atom is -0.368 e. The Balaban J connectivity index is 2.18. The Kier molecular flexibility index (Phi) is 2.15. The van der Waals surface area contributed by atoms with Crippen molar-refractivity contribution in [1.82, 2.24) is 24.6 Å². The number of nitrogens with zero attached hydrogens (tertiary/aromatic N) is 5. The quantitative estimate of drug-likeness (QED) is 0.702. The first-order valence-electron chi connectivity index (χ1n) is 4.83. The third kappa shape index (κ3) is 1.68. The van der Waals surface area contributed by atoms with Gasteiger partial charge in [0.15, 0.2) is 5.82 Å². The summed E-state index contributed by atoms with van der Waals surface area (Å²) in [5.74, 6) is 1.21. The van der Waals surface area contributed by atoms with Crippen LogP contribution in [0.3, 0.4) is 0 Å². The summed E-state index contributed by atoms with van der Waals surface area (Å²) in [4.78, 5) is 12.1. The largest absolute Gasteiger partial charge is 0.368 e. The van der Waals surface area contributed by atoms with Crippen molar-refractivity contribution in [2.75, 3.05) is 5.73 Å². The van der Waals surface area contributed by atoms with Gasteiger partial charge in [-0.3, -0.25) is 0 Å². The minimum absolute atomic E-state index is 0.253. The molecule has 0 saturated heterocycles. The minimum atomic E-state index is 0.253. The van der Waals surface area contributed by atoms with Gasteiger partial charge < -0.3 is 5.73 Å². The SMILES string of the molecule is Nc1ncnc2nc(-c3ccc(Cl)cc3)nn12. The summed E-state index contributed by atoms with van der Waals surface area (Å²) in [5, 5.41) is 4.89. The Hall–Kier alpha value is -2.21. The van der Waals surface area contributed by atoms with Gasteiger partial charge in [-0.05, 0) is 24.3 Å². The fraction of sp³-hybridized carbons (Fsp3) is 0. The highest BCUT2D eigenvalue weighted by molar-refractivity contribution is 6.30. The highest BCUT2D eigenvalue weighted by atomic mass is 35.5. The molecule has 0 radical (unpaired) electrons. The topological polar surface area (TPSA) is 82.0 Å². The molecule has 0 aliphatic carbocycles. The summed E-state index contributed by atoms with van der Waals surface area (Å²) in [5.41, 5.74) is 6.51. The zero-order valence-electron chi connectivity index (χ0n) is 8.58. The van der Waals surface area contributed by atoms with E-state index in [9.17, 15) is 0 Å². The van der Waals surface area contributed by atoms with Gasteiger partial charge in [-0.2, -0.15) is 14.5 Å². The fourth-order valence-electron chi connectivity index (χ4n) is 1.46. The number of anilines is 1. The molecule has 7 heteroatoms. The van der Waals surface area contributed by atoms with Crippen LogP contribution in [0, 0.1) is 0 Å². The highest BCUT2D eigenvalue weighted by Crippen LogP contribution is 2.18. The monoisotopic (exact) mass is 246 g/mol. The van der Waals surface area contributed by atoms with Crippen molar-refractivity contribution in [3.63, 3.8) is 0 Å². The summed E-state index contributed by atoms with van der Waals surface area (Å²) in [7, 11) is 0. The van der Waals surface area contributed by atoms with E-state index in [2.05, 4.69) is 20.1 Å². The van der Waals surface area contributed by atoms with Crippen molar-refractivity contribution < 1.29 is 0 Å². The molecule has 6 nitrogen and oxygen atoms in total. The van der Waals surface area contributed by atoms with Gasteiger partial charge in [-0.15, -0.1) is 5.10 Å². The number of benzene rings is 1. The Morgan fingerprint density at radius 2 is 1.88 bits per heavy atom. The lowest BCUT2D eigenvalue weighted by Crippen LogP contribution is -2.02. The lowest BCUT2D eigenvalue weighted by molar-refractivity contribution is 0.911. The first-order valence-corrected chi connectivity index (χ1v) is 5.21. The van der Waals surface area contributed by atoms with Crippen LogP contribution in [0.1, 0.15) is 0 Å². The van der Waals surface area contributed by atoms with Crippen molar-refractivity contribution in [1.29, 1.82) is 0 Å². The molecule has 0 amide bonds. The second kappa shape index (κ2) is 3.67. The third-order valence-electron chi connectivity index (χ3n) is 2.27. The predicted octanol–water partition coefficient (Wildman–Crippen LogP) is 1.42. The van der Waals surface area contributed by atoms with Gasteiger partial charge in [0.05, 0.1) is 0 Å². The summed E-state index contributed by atoms with van der Waals surface area (Å²) < 4.78 is 1.39. The van der Waals surface area contributed by atoms with Gasteiger partial charge in [-0.1, -0.05) is 11.6 Å². The molecular formula is C10H7ClN6. The van der Waals surface area contributed by atoms with Gasteiger partial charge in [-0.25, -0.2) is 4.98 Å². The summed E-state index contributed by atoms with van der Waals surface area (Å²) in [6.07, 6.45) is 1.35. The molecule has 0 aliphatic rings. The molecule has 0 fully saturated rings. The summed E-state index contributed by atoms with van der Waals surface area (Å²) >= 11 is 5.81. The van der Waals surface area contributed by atoms with Gasteiger partial charge in [0.2, 0.25) is 5.95 Å². The molecule has 2 heterocycles. The van der Waals surface area contributed by atoms with Crippen LogP contribution < -0.4 is 5.73 Å². The van der Waals surface area contributed by atoms with Crippen LogP contribution in [0.25, 0.3) is 17.2 Å². The van der Waals surface area contributed by atoms with Crippen LogP contribution in [0.4, 0.5) is 5.95 Å². The maximum absolute atomic E-state index is 5.81. The Morgan fingerprint density at radius 3 is 2.59 bits per heavy atom. The van der Waals surface area contributed by atoms with E-state index in [0.29, 0.717) is 16.6 Å². The van der Waals surface area contributed by atoms with E-state index in [1.165, 1.54) is 10.8 Å². The first-order chi connectivity index (χ1) is 8.24. The molecule has 1 aromatic carbocycles. The van der Waals surface area contributed by atoms with Crippen LogP contribution in [-0.2, 0) is 0 Å². The summed E-state index contributed by atoms with van der Waals surface area (Å²) in [6, 6.07) is 7.22. The molecular weight excluding hydrogens is 240 g/mol. The lowest BCUT2D eigenvalue weighted by atomic mass is 10.2. The van der Waals surface area contributed by atoms with Crippen LogP contribution >= 0.6 is 11.6 Å². The second-order valence-corrected chi connectivity index (χ2v) is 3.82. The van der Waals surface area contributed by atoms with E-state index in [-0.39, 0.29) is 5.95 Å². The predicted molar refractivity (Wildman–Crippen MR) is 63.4 cm³/mol. The van der Waals surface area contributed by atoms with Crippen molar-refractivity contribution in [3.05, 3.63) is 35.6 Å². The number of aromatic nitrogens is 5. The molecule has 2 aromatic heterocycles. The Bertz CT molecular complexity index is 675. The molecule has 0 spiro atoms. The Morgan fingerprint density at radius 1 is 1.12 bits per heavy atom. The number of rotatable bonds is 1. The fourth-order valence-corrected chi connectivity index (χ4v) is 1.58. The molecule has 2 N–H and O–H groups in total. The van der Waals surface area contributed by atoms with Gasteiger partial charge in [0, 0.05) is 10.6 Å². The van der Waals surface area contributed by atoms with Crippen molar-refractivity contribution in [2.24, 2.45) is 0 Å². The van der Waals surface area contributed by atoms with E-state index >= 15 is 0 Å². The van der Waals surface area contributed by atoms with Crippen LogP contribution in [0.15, 0.2) is 30.6 Å². The average Bonchev–Trinajstić information content (AvgIpc) is 2.75. The Labute approximate surface area is 101 Å². The molecule has 0 unspecified atom stereocenters. The molecule has 0 bridgehead atoms. The number of nitrogen functional groups attached to an aromatic ring is 1. The van der Waals surface area contributed by atoms with E-state index in [1.807, 2.05) is 12.1 Å². The number of nitrogens with two attached hydrogens (primary N) is 1. The number of hydrogen-bond donors (Lipinski definition) is 1. The van der Waals surface area contributed by atoms with Gasteiger partial charge in [0.1, 0.15) is 6.33 Å². The number of halogens is 1. The maximum atomic E-state index is 5.81. The molecule has 0 atom stereocenters. The zero-order chi connectivity index (χ0) is 11.8. The van der Waals surface area contributed by atoms with Crippen molar-refractivity contribution >= 4 is 23.3 Å². The molecule has 17 heavy (non-hydrogen) atoms. The molecule has 3 aromatic rings. The smallest absolute Gasteiger partial charge is 0.257 e. The van der Waals surface area contributed by atoms with Crippen LogP contribution in [0.2, 0.25) is 5.02 Å². The third-order valence-corrected chi connectivity index (χ3v) is 2.52. The van der Waals surface area contributed by atoms with Crippen LogP contribution in [0.5, 0.6) is 0 Å². The lowest BCUT2D eigenvalue weighted by Gasteiger charge is -1.94. The highest BCUT2D eigenvalue weighted by Gasteiger charge is 2.08. The maximum Gasteiger partial charge on any atom is 0.257 e. The molecule has 84 valence electrons. The van der Waals surface area contributed by atoms with E-state index in [0.717, 1.165) is 5.56 Å². The van der Waals surface area contributed by atoms with Gasteiger partial charge in [0.25, 0.3) is 5.78 Å². The summed E-state index contributed by atoms with van der Waals surface area (Å²) in [6.45, 7) is 0.